The number of nitrogens with one attached hydrogen (secondary N) is 1. The Balaban J connectivity index is 2.24. The largest absolute Gasteiger partial charge is 0.438 e. The van der Waals surface area contributed by atoms with Gasteiger partial charge < -0.3 is 9.73 Å². The molecule has 1 amide bonds. The van der Waals surface area contributed by atoms with Crippen LogP contribution in [-0.4, -0.2) is 10.9 Å². The number of carbonyl (C=O) groups is 1. The summed E-state index contributed by atoms with van der Waals surface area (Å²) in [6.07, 6.45) is 1.23. The van der Waals surface area contributed by atoms with Gasteiger partial charge in [0, 0.05) is 4.47 Å². The summed E-state index contributed by atoms with van der Waals surface area (Å²) in [5.41, 5.74) is 1.05. The lowest BCUT2D eigenvalue weighted by Gasteiger charge is -2.06. The van der Waals surface area contributed by atoms with E-state index in [1.54, 1.807) is 25.1 Å². The average Bonchev–Trinajstić information content (AvgIpc) is 2.70. The van der Waals surface area contributed by atoms with Crippen molar-refractivity contribution in [3.63, 3.8) is 0 Å². The molecule has 2 aromatic rings. The Hall–Kier alpha value is -1.33. The summed E-state index contributed by atoms with van der Waals surface area (Å²) in [7, 11) is 0. The van der Waals surface area contributed by atoms with Gasteiger partial charge in [0.05, 0.1) is 16.4 Å². The van der Waals surface area contributed by atoms with Gasteiger partial charge in [-0.1, -0.05) is 27.5 Å². The van der Waals surface area contributed by atoms with E-state index in [-0.39, 0.29) is 11.7 Å². The van der Waals surface area contributed by atoms with Gasteiger partial charge in [0.2, 0.25) is 5.76 Å². The van der Waals surface area contributed by atoms with Gasteiger partial charge in [0.1, 0.15) is 0 Å². The van der Waals surface area contributed by atoms with Gasteiger partial charge in [-0.05, 0) is 25.1 Å². The first kappa shape index (κ1) is 12.1. The molecule has 0 aliphatic heterocycles. The molecule has 2 rings (SSSR count). The number of nitrogens with zero attached hydrogens (tertiary/aromatic N) is 1. The predicted molar refractivity (Wildman–Crippen MR) is 68.3 cm³/mol. The SMILES string of the molecule is Cc1ncoc1C(=O)Nc1cc(Br)ccc1Cl. The molecule has 0 bridgehead atoms. The van der Waals surface area contributed by atoms with Crippen molar-refractivity contribution in [2.75, 3.05) is 5.32 Å². The molecule has 6 heteroatoms. The van der Waals surface area contributed by atoms with E-state index in [1.807, 2.05) is 0 Å². The number of rotatable bonds is 2. The molecule has 1 aromatic heterocycles. The van der Waals surface area contributed by atoms with Crippen molar-refractivity contribution in [2.24, 2.45) is 0 Å². The molecule has 0 fully saturated rings. The van der Waals surface area contributed by atoms with Crippen molar-refractivity contribution in [3.05, 3.63) is 45.5 Å². The second kappa shape index (κ2) is 4.89. The van der Waals surface area contributed by atoms with E-state index < -0.39 is 0 Å². The van der Waals surface area contributed by atoms with Crippen LogP contribution < -0.4 is 5.32 Å². The first-order valence-electron chi connectivity index (χ1n) is 4.74. The van der Waals surface area contributed by atoms with E-state index in [0.717, 1.165) is 4.47 Å². The zero-order valence-corrected chi connectivity index (χ0v) is 11.2. The second-order valence-electron chi connectivity index (χ2n) is 3.35. The number of halogens is 2. The van der Waals surface area contributed by atoms with E-state index in [4.69, 9.17) is 16.0 Å². The number of hydrogen-bond donors (Lipinski definition) is 1. The third-order valence-electron chi connectivity index (χ3n) is 2.13. The Kier molecular flexibility index (Phi) is 3.49. The van der Waals surface area contributed by atoms with Crippen LogP contribution in [0.15, 0.2) is 33.5 Å². The van der Waals surface area contributed by atoms with Crippen LogP contribution in [0.25, 0.3) is 0 Å². The van der Waals surface area contributed by atoms with Crippen LogP contribution in [-0.2, 0) is 0 Å². The summed E-state index contributed by atoms with van der Waals surface area (Å²) in [6.45, 7) is 1.70. The lowest BCUT2D eigenvalue weighted by atomic mass is 10.3. The quantitative estimate of drug-likeness (QED) is 0.920. The zero-order valence-electron chi connectivity index (χ0n) is 8.83. The molecule has 0 spiro atoms. The fourth-order valence-electron chi connectivity index (χ4n) is 1.29. The number of aryl methyl sites for hydroxylation is 1. The van der Waals surface area contributed by atoms with Crippen LogP contribution in [0, 0.1) is 6.92 Å². The second-order valence-corrected chi connectivity index (χ2v) is 4.67. The van der Waals surface area contributed by atoms with Crippen LogP contribution in [0.4, 0.5) is 5.69 Å². The summed E-state index contributed by atoms with van der Waals surface area (Å²) in [5.74, 6) is -0.193. The molecular weight excluding hydrogens is 307 g/mol. The third-order valence-corrected chi connectivity index (χ3v) is 2.95. The van der Waals surface area contributed by atoms with Crippen LogP contribution in [0.2, 0.25) is 5.02 Å². The molecular formula is C11H8BrClN2O2. The number of aromatic nitrogens is 1. The summed E-state index contributed by atoms with van der Waals surface area (Å²) in [5, 5.41) is 3.12. The van der Waals surface area contributed by atoms with E-state index in [1.165, 1.54) is 6.39 Å². The highest BCUT2D eigenvalue weighted by Crippen LogP contribution is 2.26. The topological polar surface area (TPSA) is 55.1 Å². The van der Waals surface area contributed by atoms with Gasteiger partial charge in [-0.3, -0.25) is 4.79 Å². The Bertz CT molecular complexity index is 568. The standard InChI is InChI=1S/C11H8BrClN2O2/c1-6-10(17-5-14-6)11(16)15-9-4-7(12)2-3-8(9)13/h2-5H,1H3,(H,15,16). The maximum absolute atomic E-state index is 11.8. The van der Waals surface area contributed by atoms with Gasteiger partial charge in [-0.25, -0.2) is 4.98 Å². The number of carbonyl (C=O) groups excluding carboxylic acids is 1. The third kappa shape index (κ3) is 2.68. The van der Waals surface area contributed by atoms with Crippen molar-refractivity contribution >= 4 is 39.1 Å². The molecule has 0 unspecified atom stereocenters. The van der Waals surface area contributed by atoms with Crippen molar-refractivity contribution in [1.29, 1.82) is 0 Å². The molecule has 0 radical (unpaired) electrons. The highest BCUT2D eigenvalue weighted by molar-refractivity contribution is 9.10. The molecule has 4 nitrogen and oxygen atoms in total. The van der Waals surface area contributed by atoms with E-state index in [9.17, 15) is 4.79 Å². The van der Waals surface area contributed by atoms with Crippen LogP contribution in [0.5, 0.6) is 0 Å². The molecule has 0 aliphatic rings. The molecule has 1 heterocycles. The van der Waals surface area contributed by atoms with E-state index >= 15 is 0 Å². The molecule has 0 saturated heterocycles. The molecule has 17 heavy (non-hydrogen) atoms. The maximum Gasteiger partial charge on any atom is 0.293 e. The number of anilines is 1. The van der Waals surface area contributed by atoms with Crippen molar-refractivity contribution in [2.45, 2.75) is 6.92 Å². The summed E-state index contributed by atoms with van der Waals surface area (Å²) >= 11 is 9.26. The van der Waals surface area contributed by atoms with Crippen molar-refractivity contribution < 1.29 is 9.21 Å². The predicted octanol–water partition coefficient (Wildman–Crippen LogP) is 3.65. The van der Waals surface area contributed by atoms with E-state index in [0.29, 0.717) is 16.4 Å². The minimum absolute atomic E-state index is 0.182. The lowest BCUT2D eigenvalue weighted by molar-refractivity contribution is 0.0996. The molecule has 0 aliphatic carbocycles. The Morgan fingerprint density at radius 1 is 1.53 bits per heavy atom. The number of oxazole rings is 1. The van der Waals surface area contributed by atoms with Crippen molar-refractivity contribution in [1.82, 2.24) is 4.98 Å². The van der Waals surface area contributed by atoms with Gasteiger partial charge in [0.15, 0.2) is 6.39 Å². The number of amides is 1. The zero-order chi connectivity index (χ0) is 12.4. The van der Waals surface area contributed by atoms with Gasteiger partial charge in [0.25, 0.3) is 5.91 Å². The van der Waals surface area contributed by atoms with E-state index in [2.05, 4.69) is 26.2 Å². The highest BCUT2D eigenvalue weighted by Gasteiger charge is 2.15. The smallest absolute Gasteiger partial charge is 0.293 e. The average molecular weight is 316 g/mol. The van der Waals surface area contributed by atoms with Crippen LogP contribution >= 0.6 is 27.5 Å². The van der Waals surface area contributed by atoms with Gasteiger partial charge in [-0.15, -0.1) is 0 Å². The minimum Gasteiger partial charge on any atom is -0.438 e. The highest BCUT2D eigenvalue weighted by atomic mass is 79.9. The Labute approximate surface area is 111 Å². The monoisotopic (exact) mass is 314 g/mol. The van der Waals surface area contributed by atoms with Gasteiger partial charge >= 0.3 is 0 Å². The van der Waals surface area contributed by atoms with Gasteiger partial charge in [-0.2, -0.15) is 0 Å². The molecule has 0 atom stereocenters. The molecule has 1 N–H and O–H groups in total. The fourth-order valence-corrected chi connectivity index (χ4v) is 1.82. The fraction of sp³-hybridized carbons (Fsp3) is 0.0909. The number of benzene rings is 1. The maximum atomic E-state index is 11.8. The molecule has 88 valence electrons. The molecule has 0 saturated carbocycles. The summed E-state index contributed by atoms with van der Waals surface area (Å²) < 4.78 is 5.82. The normalized spacial score (nSPS) is 10.3. The first-order chi connectivity index (χ1) is 8.08. The van der Waals surface area contributed by atoms with Crippen LogP contribution in [0.1, 0.15) is 16.2 Å². The Morgan fingerprint density at radius 3 is 2.94 bits per heavy atom. The lowest BCUT2D eigenvalue weighted by Crippen LogP contribution is -2.12. The van der Waals surface area contributed by atoms with Crippen molar-refractivity contribution in [3.8, 4) is 0 Å². The minimum atomic E-state index is -0.375. The number of hydrogen-bond acceptors (Lipinski definition) is 3. The molecule has 1 aromatic carbocycles. The summed E-state index contributed by atoms with van der Waals surface area (Å²) in [4.78, 5) is 15.7. The summed E-state index contributed by atoms with van der Waals surface area (Å²) in [6, 6.07) is 5.19. The Morgan fingerprint density at radius 2 is 2.29 bits per heavy atom. The van der Waals surface area contributed by atoms with Crippen LogP contribution in [0.3, 0.4) is 0 Å². The first-order valence-corrected chi connectivity index (χ1v) is 5.91.